The first-order valence-corrected chi connectivity index (χ1v) is 18.5. The summed E-state index contributed by atoms with van der Waals surface area (Å²) in [4.78, 5) is 13.0. The van der Waals surface area contributed by atoms with Gasteiger partial charge in [-0.3, -0.25) is 0 Å². The van der Waals surface area contributed by atoms with E-state index in [9.17, 15) is 21.6 Å². The summed E-state index contributed by atoms with van der Waals surface area (Å²) in [5, 5.41) is -0.394. The monoisotopic (exact) mass is 735 g/mol. The molecule has 0 radical (unpaired) electrons. The molecule has 0 spiro atoms. The molecule has 4 rings (SSSR count). The fourth-order valence-electron chi connectivity index (χ4n) is 4.51. The standard InChI is InChI=1S/C34H35ClFNO10S2/c1-43-26-10-14-28(15-11-26)45-20-6-22-48(39,40)37(49(41,42)23-7-21-46-29-16-12-27(44-2)13-17-29)31-19-18-30(35)32(33(31)36)34(38)47-24-25-8-4-3-5-9-25/h3-5,8-19H,6-7,20-24H2,1-2H3. The molecular weight excluding hydrogens is 701 g/mol. The second-order valence-corrected chi connectivity index (χ2v) is 14.9. The van der Waals surface area contributed by atoms with Crippen molar-refractivity contribution < 1.29 is 49.7 Å². The van der Waals surface area contributed by atoms with Gasteiger partial charge in [0.15, 0.2) is 5.82 Å². The predicted molar refractivity (Wildman–Crippen MR) is 183 cm³/mol. The van der Waals surface area contributed by atoms with Crippen molar-refractivity contribution in [3.8, 4) is 23.0 Å². The summed E-state index contributed by atoms with van der Waals surface area (Å²) in [5.74, 6) is -2.09. The molecule has 0 aliphatic carbocycles. The topological polar surface area (TPSA) is 135 Å². The van der Waals surface area contributed by atoms with Crippen LogP contribution in [0.2, 0.25) is 5.02 Å². The third-order valence-electron chi connectivity index (χ3n) is 6.94. The van der Waals surface area contributed by atoms with Crippen molar-refractivity contribution in [2.24, 2.45) is 0 Å². The van der Waals surface area contributed by atoms with Crippen LogP contribution in [0.25, 0.3) is 0 Å². The minimum atomic E-state index is -4.77. The van der Waals surface area contributed by atoms with Crippen LogP contribution in [-0.4, -0.2) is 61.7 Å². The molecule has 4 aromatic carbocycles. The van der Waals surface area contributed by atoms with E-state index in [1.165, 1.54) is 14.2 Å². The molecule has 262 valence electrons. The van der Waals surface area contributed by atoms with Crippen molar-refractivity contribution in [2.75, 3.05) is 42.6 Å². The van der Waals surface area contributed by atoms with Gasteiger partial charge in [-0.15, -0.1) is 0 Å². The number of carbonyl (C=O) groups is 1. The van der Waals surface area contributed by atoms with Crippen LogP contribution in [0.15, 0.2) is 91.0 Å². The number of hydrogen-bond acceptors (Lipinski definition) is 10. The molecule has 15 heteroatoms. The molecule has 0 saturated heterocycles. The van der Waals surface area contributed by atoms with E-state index in [4.69, 9.17) is 35.3 Å². The molecule has 0 aliphatic heterocycles. The maximum absolute atomic E-state index is 16.1. The van der Waals surface area contributed by atoms with Gasteiger partial charge in [-0.05, 0) is 79.1 Å². The summed E-state index contributed by atoms with van der Waals surface area (Å²) in [6, 6.07) is 23.6. The van der Waals surface area contributed by atoms with Crippen LogP contribution in [0.1, 0.15) is 28.8 Å². The van der Waals surface area contributed by atoms with Crippen molar-refractivity contribution in [1.82, 2.24) is 0 Å². The molecule has 4 aromatic rings. The van der Waals surface area contributed by atoms with E-state index in [1.807, 2.05) is 0 Å². The SMILES string of the molecule is COc1ccc(OCCCS(=O)(=O)N(c2ccc(Cl)c(C(=O)OCc3ccccc3)c2F)S(=O)(=O)CCCOc2ccc(OC)cc2)cc1. The summed E-state index contributed by atoms with van der Waals surface area (Å²) in [6.07, 6.45) is -0.301. The van der Waals surface area contributed by atoms with Crippen molar-refractivity contribution >= 4 is 43.3 Å². The molecule has 0 N–H and O–H groups in total. The van der Waals surface area contributed by atoms with Gasteiger partial charge in [-0.25, -0.2) is 26.0 Å². The van der Waals surface area contributed by atoms with Gasteiger partial charge in [0.2, 0.25) is 20.0 Å². The van der Waals surface area contributed by atoms with Gasteiger partial charge in [-0.1, -0.05) is 41.9 Å². The number of halogens is 2. The second-order valence-electron chi connectivity index (χ2n) is 10.4. The Balaban J connectivity index is 1.56. The number of hydrogen-bond donors (Lipinski definition) is 0. The molecule has 0 fully saturated rings. The maximum Gasteiger partial charge on any atom is 0.343 e. The second kappa shape index (κ2) is 17.2. The Morgan fingerprint density at radius 3 is 1.63 bits per heavy atom. The molecule has 0 saturated carbocycles. The summed E-state index contributed by atoms with van der Waals surface area (Å²) in [7, 11) is -6.53. The number of methoxy groups -OCH3 is 2. The Morgan fingerprint density at radius 1 is 0.694 bits per heavy atom. The lowest BCUT2D eigenvalue weighted by Gasteiger charge is -2.25. The summed E-state index contributed by atoms with van der Waals surface area (Å²) >= 11 is 6.16. The largest absolute Gasteiger partial charge is 0.497 e. The van der Waals surface area contributed by atoms with E-state index in [2.05, 4.69) is 0 Å². The zero-order valence-electron chi connectivity index (χ0n) is 26.7. The number of nitrogens with zero attached hydrogens (tertiary/aromatic N) is 1. The van der Waals surface area contributed by atoms with E-state index >= 15 is 4.39 Å². The highest BCUT2D eigenvalue weighted by atomic mass is 35.5. The molecule has 11 nitrogen and oxygen atoms in total. The van der Waals surface area contributed by atoms with Crippen LogP contribution in [0.3, 0.4) is 0 Å². The summed E-state index contributed by atoms with van der Waals surface area (Å²) in [5.41, 5.74) is -1.11. The normalized spacial score (nSPS) is 11.4. The molecule has 0 atom stereocenters. The van der Waals surface area contributed by atoms with Crippen LogP contribution in [0, 0.1) is 5.82 Å². The Kier molecular flexibility index (Phi) is 13.1. The Labute approximate surface area is 290 Å². The number of benzene rings is 4. The maximum atomic E-state index is 16.1. The highest BCUT2D eigenvalue weighted by Crippen LogP contribution is 2.33. The van der Waals surface area contributed by atoms with E-state index in [0.717, 1.165) is 12.1 Å². The molecule has 0 heterocycles. The van der Waals surface area contributed by atoms with E-state index in [1.54, 1.807) is 78.9 Å². The van der Waals surface area contributed by atoms with Crippen molar-refractivity contribution in [2.45, 2.75) is 19.4 Å². The minimum absolute atomic E-state index is 0.0143. The number of sulfonamides is 2. The van der Waals surface area contributed by atoms with Crippen LogP contribution in [0.4, 0.5) is 10.1 Å². The van der Waals surface area contributed by atoms with Crippen LogP contribution >= 0.6 is 11.6 Å². The quantitative estimate of drug-likeness (QED) is 0.0852. The van der Waals surface area contributed by atoms with Crippen molar-refractivity contribution in [1.29, 1.82) is 0 Å². The summed E-state index contributed by atoms with van der Waals surface area (Å²) < 4.78 is 97.7. The first-order chi connectivity index (χ1) is 23.4. The Bertz CT molecular complexity index is 1820. The zero-order valence-corrected chi connectivity index (χ0v) is 29.1. The smallest absolute Gasteiger partial charge is 0.343 e. The molecule has 0 unspecified atom stereocenters. The minimum Gasteiger partial charge on any atom is -0.497 e. The van der Waals surface area contributed by atoms with Gasteiger partial charge in [-0.2, -0.15) is 3.71 Å². The molecule has 49 heavy (non-hydrogen) atoms. The third kappa shape index (κ3) is 10.2. The number of ether oxygens (including phenoxy) is 5. The zero-order chi connectivity index (χ0) is 35.4. The number of anilines is 1. The van der Waals surface area contributed by atoms with E-state index < -0.39 is 59.6 Å². The lowest BCUT2D eigenvalue weighted by molar-refractivity contribution is 0.0467. The molecule has 0 aromatic heterocycles. The highest BCUT2D eigenvalue weighted by molar-refractivity contribution is 8.10. The predicted octanol–water partition coefficient (Wildman–Crippen LogP) is 6.26. The number of esters is 1. The van der Waals surface area contributed by atoms with Crippen LogP contribution in [0.5, 0.6) is 23.0 Å². The third-order valence-corrected chi connectivity index (χ3v) is 11.6. The van der Waals surface area contributed by atoms with Gasteiger partial charge < -0.3 is 23.7 Å². The molecule has 0 aliphatic rings. The van der Waals surface area contributed by atoms with Gasteiger partial charge in [0.05, 0.1) is 44.0 Å². The first kappa shape index (κ1) is 37.3. The van der Waals surface area contributed by atoms with Crippen LogP contribution < -0.4 is 22.7 Å². The summed E-state index contributed by atoms with van der Waals surface area (Å²) in [6.45, 7) is -0.438. The molecule has 0 bridgehead atoms. The Hall–Kier alpha value is -4.53. The molecule has 0 amide bonds. The fraction of sp³-hybridized carbons (Fsp3) is 0.265. The van der Waals surface area contributed by atoms with Gasteiger partial charge >= 0.3 is 5.97 Å². The van der Waals surface area contributed by atoms with Crippen LogP contribution in [-0.2, 0) is 31.4 Å². The van der Waals surface area contributed by atoms with Gasteiger partial charge in [0.1, 0.15) is 40.9 Å². The van der Waals surface area contributed by atoms with Gasteiger partial charge in [0.25, 0.3) is 0 Å². The van der Waals surface area contributed by atoms with Crippen molar-refractivity contribution in [3.05, 3.63) is 113 Å². The highest BCUT2D eigenvalue weighted by Gasteiger charge is 2.37. The Morgan fingerprint density at radius 2 is 1.16 bits per heavy atom. The lowest BCUT2D eigenvalue weighted by atomic mass is 10.2. The first-order valence-electron chi connectivity index (χ1n) is 14.9. The fourth-order valence-corrected chi connectivity index (χ4v) is 8.74. The van der Waals surface area contributed by atoms with Crippen molar-refractivity contribution in [3.63, 3.8) is 0 Å². The lowest BCUT2D eigenvalue weighted by Crippen LogP contribution is -2.41. The number of carbonyl (C=O) groups excluding carboxylic acids is 1. The van der Waals surface area contributed by atoms with E-state index in [-0.39, 0.29) is 36.4 Å². The average Bonchev–Trinajstić information content (AvgIpc) is 3.09. The molecular formula is C34H35ClFNO10S2. The number of rotatable bonds is 18. The van der Waals surface area contributed by atoms with E-state index in [0.29, 0.717) is 28.6 Å². The average molecular weight is 736 g/mol. The van der Waals surface area contributed by atoms with Gasteiger partial charge in [0, 0.05) is 0 Å².